The van der Waals surface area contributed by atoms with E-state index in [0.717, 1.165) is 57.1 Å². The normalized spacial score (nSPS) is 38.5. The predicted octanol–water partition coefficient (Wildman–Crippen LogP) is 5.98. The number of carbonyl (C=O) groups excluding carboxylic acids is 3. The summed E-state index contributed by atoms with van der Waals surface area (Å²) in [4.78, 5) is 43.7. The van der Waals surface area contributed by atoms with E-state index >= 15 is 0 Å². The highest BCUT2D eigenvalue weighted by Gasteiger charge is 2.67. The summed E-state index contributed by atoms with van der Waals surface area (Å²) >= 11 is 0. The zero-order valence-electron chi connectivity index (χ0n) is 25.6. The van der Waals surface area contributed by atoms with E-state index < -0.39 is 11.6 Å². The third-order valence-corrected chi connectivity index (χ3v) is 12.6. The Morgan fingerprint density at radius 1 is 0.955 bits per heavy atom. The second-order valence-corrected chi connectivity index (χ2v) is 14.3. The maximum atomic E-state index is 13.8. The topological polar surface area (TPSA) is 105 Å². The number of hydrogen-bond donors (Lipinski definition) is 0. The van der Waals surface area contributed by atoms with Gasteiger partial charge in [0, 0.05) is 35.4 Å². The van der Waals surface area contributed by atoms with Crippen LogP contribution in [-0.2, 0) is 35.0 Å². The molecule has 0 amide bonds. The lowest BCUT2D eigenvalue weighted by Gasteiger charge is -2.64. The van der Waals surface area contributed by atoms with Crippen LogP contribution in [0.1, 0.15) is 78.0 Å². The van der Waals surface area contributed by atoms with Gasteiger partial charge in [0.2, 0.25) is 0 Å². The third kappa shape index (κ3) is 5.06. The molecule has 6 rings (SSSR count). The summed E-state index contributed by atoms with van der Waals surface area (Å²) in [7, 11) is 0. The number of aromatic nitrogens is 2. The van der Waals surface area contributed by atoms with Crippen LogP contribution in [0, 0.1) is 58.0 Å². The smallest absolute Gasteiger partial charge is 0.293 e. The molecule has 0 N–H and O–H groups in total. The minimum absolute atomic E-state index is 0.0402. The molecule has 8 nitrogen and oxygen atoms in total. The average molecular weight is 613 g/mol. The van der Waals surface area contributed by atoms with Crippen LogP contribution in [0.15, 0.2) is 18.3 Å². The summed E-state index contributed by atoms with van der Waals surface area (Å²) in [6, 6.07) is 2.22. The molecular weight excluding hydrogens is 570 g/mol. The summed E-state index contributed by atoms with van der Waals surface area (Å²) in [6.45, 7) is 8.53. The first-order valence-electron chi connectivity index (χ1n) is 16.0. The number of rotatable bonds is 10. The molecule has 4 fully saturated rings. The fourth-order valence-corrected chi connectivity index (χ4v) is 10.5. The summed E-state index contributed by atoms with van der Waals surface area (Å²) in [5, 5.41) is 0.456. The van der Waals surface area contributed by atoms with Crippen LogP contribution in [0.2, 0.25) is 0 Å². The number of benzene rings is 1. The molecular formula is C34H42F2N2O6. The van der Waals surface area contributed by atoms with Crippen molar-refractivity contribution >= 4 is 30.3 Å². The fourth-order valence-electron chi connectivity index (χ4n) is 10.5. The molecule has 4 saturated carbocycles. The first-order chi connectivity index (χ1) is 21.1. The van der Waals surface area contributed by atoms with E-state index in [4.69, 9.17) is 14.2 Å². The Balaban J connectivity index is 1.25. The van der Waals surface area contributed by atoms with Crippen molar-refractivity contribution < 1.29 is 37.4 Å². The second kappa shape index (κ2) is 12.0. The highest BCUT2D eigenvalue weighted by atomic mass is 19.2. The SMILES string of the molecule is C[C@H](CCc1ncc2cc(F)c(F)cc2n1)[C@H]1CC[C@H]2[C@@H]3[C@H](OC=O)C[C@@H]4C[C@H](OC=O)CC[C@]4(C)[C@H]3C[C@H](OC=O)[C@]12C. The van der Waals surface area contributed by atoms with E-state index in [1.807, 2.05) is 0 Å². The largest absolute Gasteiger partial charge is 0.465 e. The third-order valence-electron chi connectivity index (χ3n) is 12.6. The van der Waals surface area contributed by atoms with Gasteiger partial charge in [0.05, 0.1) is 5.52 Å². The van der Waals surface area contributed by atoms with Crippen molar-refractivity contribution in [3.63, 3.8) is 0 Å². The Hall–Kier alpha value is -3.17. The molecule has 1 aromatic heterocycles. The molecule has 2 aromatic rings. The summed E-state index contributed by atoms with van der Waals surface area (Å²) < 4.78 is 44.7. The van der Waals surface area contributed by atoms with Crippen LogP contribution in [0.5, 0.6) is 0 Å². The van der Waals surface area contributed by atoms with Gasteiger partial charge in [-0.2, -0.15) is 0 Å². The lowest BCUT2D eigenvalue weighted by atomic mass is 9.43. The van der Waals surface area contributed by atoms with Crippen molar-refractivity contribution in [2.75, 3.05) is 0 Å². The van der Waals surface area contributed by atoms with Gasteiger partial charge in [0.25, 0.3) is 19.4 Å². The Labute approximate surface area is 256 Å². The highest BCUT2D eigenvalue weighted by Crippen LogP contribution is 2.69. The van der Waals surface area contributed by atoms with Crippen molar-refractivity contribution in [2.24, 2.45) is 46.3 Å². The van der Waals surface area contributed by atoms with E-state index in [9.17, 15) is 23.2 Å². The second-order valence-electron chi connectivity index (χ2n) is 14.3. The first-order valence-corrected chi connectivity index (χ1v) is 16.0. The fraction of sp³-hybridized carbons (Fsp3) is 0.676. The van der Waals surface area contributed by atoms with Crippen LogP contribution in [0.4, 0.5) is 8.78 Å². The molecule has 4 aliphatic rings. The molecule has 0 bridgehead atoms. The molecule has 44 heavy (non-hydrogen) atoms. The number of ether oxygens (including phenoxy) is 3. The monoisotopic (exact) mass is 612 g/mol. The lowest BCUT2D eigenvalue weighted by molar-refractivity contribution is -0.218. The van der Waals surface area contributed by atoms with Crippen molar-refractivity contribution in [1.29, 1.82) is 0 Å². The van der Waals surface area contributed by atoms with E-state index in [1.165, 1.54) is 6.20 Å². The molecule has 11 atom stereocenters. The molecule has 4 aliphatic carbocycles. The number of halogens is 2. The Morgan fingerprint density at radius 3 is 2.45 bits per heavy atom. The van der Waals surface area contributed by atoms with Gasteiger partial charge >= 0.3 is 0 Å². The highest BCUT2D eigenvalue weighted by molar-refractivity contribution is 5.77. The molecule has 0 unspecified atom stereocenters. The minimum Gasteiger partial charge on any atom is -0.465 e. The van der Waals surface area contributed by atoms with Gasteiger partial charge in [0.1, 0.15) is 24.1 Å². The van der Waals surface area contributed by atoms with Crippen molar-refractivity contribution in [1.82, 2.24) is 9.97 Å². The maximum absolute atomic E-state index is 13.8. The van der Waals surface area contributed by atoms with Gasteiger partial charge in [-0.3, -0.25) is 14.4 Å². The van der Waals surface area contributed by atoms with E-state index in [0.29, 0.717) is 49.0 Å². The van der Waals surface area contributed by atoms with Gasteiger partial charge in [-0.25, -0.2) is 18.7 Å². The lowest BCUT2D eigenvalue weighted by Crippen LogP contribution is -2.63. The minimum atomic E-state index is -0.931. The Kier molecular flexibility index (Phi) is 8.39. The van der Waals surface area contributed by atoms with Crippen LogP contribution < -0.4 is 0 Å². The standard InChI is InChI=1S/C34H42F2N2O6/c1-19(4-7-31-37-15-20-10-26(35)27(36)14-28(20)38-31)23-5-6-24-32-25(13-30(44-18-41)34(23,24)3)33(2)9-8-22(42-16-39)11-21(33)12-29(32)43-17-40/h10,14-19,21-25,29-30,32H,4-9,11-13H2,1-3H3/t19-,21+,22-,23-,24+,25+,29-,30+,32+,33+,34-/m1/s1. The van der Waals surface area contributed by atoms with Gasteiger partial charge in [-0.05, 0) is 92.4 Å². The number of fused-ring (bicyclic) bond motifs is 6. The Bertz CT molecular complexity index is 1410. The average Bonchev–Trinajstić information content (AvgIpc) is 3.36. The molecule has 1 heterocycles. The Morgan fingerprint density at radius 2 is 1.70 bits per heavy atom. The van der Waals surface area contributed by atoms with E-state index in [1.54, 1.807) is 0 Å². The molecule has 0 spiro atoms. The number of carbonyl (C=O) groups is 3. The summed E-state index contributed by atoms with van der Waals surface area (Å²) in [5.74, 6) is 0.0301. The van der Waals surface area contributed by atoms with E-state index in [-0.39, 0.29) is 64.6 Å². The number of nitrogens with zero attached hydrogens (tertiary/aromatic N) is 2. The predicted molar refractivity (Wildman–Crippen MR) is 156 cm³/mol. The first kappa shape index (κ1) is 30.8. The quantitative estimate of drug-likeness (QED) is 0.238. The van der Waals surface area contributed by atoms with Gasteiger partial charge in [0.15, 0.2) is 11.6 Å². The molecule has 0 saturated heterocycles. The van der Waals surface area contributed by atoms with Crippen molar-refractivity contribution in [3.8, 4) is 0 Å². The van der Waals surface area contributed by atoms with Crippen LogP contribution >= 0.6 is 0 Å². The molecule has 0 aliphatic heterocycles. The zero-order chi connectivity index (χ0) is 31.2. The van der Waals surface area contributed by atoms with E-state index in [2.05, 4.69) is 30.7 Å². The number of aryl methyl sites for hydroxylation is 1. The molecule has 1 aromatic carbocycles. The maximum Gasteiger partial charge on any atom is 0.293 e. The van der Waals surface area contributed by atoms with Gasteiger partial charge in [-0.15, -0.1) is 0 Å². The zero-order valence-corrected chi connectivity index (χ0v) is 25.6. The molecule has 0 radical (unpaired) electrons. The molecule has 10 heteroatoms. The van der Waals surface area contributed by atoms with Crippen LogP contribution in [-0.4, -0.2) is 47.7 Å². The van der Waals surface area contributed by atoms with Gasteiger partial charge in [-0.1, -0.05) is 20.8 Å². The van der Waals surface area contributed by atoms with Gasteiger partial charge < -0.3 is 14.2 Å². The summed E-state index contributed by atoms with van der Waals surface area (Å²) in [6.07, 6.45) is 8.10. The van der Waals surface area contributed by atoms with Crippen molar-refractivity contribution in [3.05, 3.63) is 35.8 Å². The van der Waals surface area contributed by atoms with Crippen LogP contribution in [0.3, 0.4) is 0 Å². The summed E-state index contributed by atoms with van der Waals surface area (Å²) in [5.41, 5.74) is 0.0312. The number of hydrogen-bond acceptors (Lipinski definition) is 8. The van der Waals surface area contributed by atoms with Crippen molar-refractivity contribution in [2.45, 2.75) is 96.9 Å². The molecule has 238 valence electrons. The van der Waals surface area contributed by atoms with Crippen LogP contribution in [0.25, 0.3) is 10.9 Å².